The third kappa shape index (κ3) is 5.12. The maximum Gasteiger partial charge on any atom is 0.416 e. The van der Waals surface area contributed by atoms with Gasteiger partial charge in [-0.25, -0.2) is 9.50 Å². The molecule has 4 aromatic rings. The Balaban J connectivity index is 1.36. The number of Topliss-reactive ketones (excluding diaryl/α,β-unsaturated/α-hetero) is 1. The van der Waals surface area contributed by atoms with E-state index in [1.54, 1.807) is 6.07 Å². The van der Waals surface area contributed by atoms with E-state index in [0.717, 1.165) is 28.8 Å². The molecule has 0 fully saturated rings. The first-order valence-electron chi connectivity index (χ1n) is 12.3. The van der Waals surface area contributed by atoms with Crippen molar-refractivity contribution in [2.45, 2.75) is 45.5 Å². The lowest BCUT2D eigenvalue weighted by molar-refractivity contribution is -0.137. The Labute approximate surface area is 221 Å². The molecule has 1 aliphatic rings. The zero-order chi connectivity index (χ0) is 27.9. The lowest BCUT2D eigenvalue weighted by Crippen LogP contribution is -2.30. The maximum absolute atomic E-state index is 13.4. The summed E-state index contributed by atoms with van der Waals surface area (Å²) in [6, 6.07) is 10.9. The summed E-state index contributed by atoms with van der Waals surface area (Å²) in [6.45, 7) is 3.27. The summed E-state index contributed by atoms with van der Waals surface area (Å²) in [4.78, 5) is 42.4. The van der Waals surface area contributed by atoms with Gasteiger partial charge >= 0.3 is 6.18 Å². The highest BCUT2D eigenvalue weighted by Crippen LogP contribution is 2.35. The van der Waals surface area contributed by atoms with Crippen molar-refractivity contribution in [2.75, 3.05) is 0 Å². The van der Waals surface area contributed by atoms with E-state index in [9.17, 15) is 27.6 Å². The van der Waals surface area contributed by atoms with E-state index < -0.39 is 23.6 Å². The molecule has 0 saturated heterocycles. The Morgan fingerprint density at radius 1 is 1.08 bits per heavy atom. The molecule has 5 rings (SSSR count). The van der Waals surface area contributed by atoms with Crippen LogP contribution in [-0.2, 0) is 19.1 Å². The molecule has 8 nitrogen and oxygen atoms in total. The number of rotatable bonds is 6. The molecule has 0 unspecified atom stereocenters. The average molecular weight is 536 g/mol. The topological polar surface area (TPSA) is 105 Å². The van der Waals surface area contributed by atoms with E-state index in [0.29, 0.717) is 18.4 Å². The SMILES string of the molecule is CC(=O)c1ccc2c(c1C)CC[C@@H]2NC(=O)c1cc(C(=O)NCc2cccc(C(F)(F)F)c2)nc2ccnn12. The molecule has 0 bridgehead atoms. The van der Waals surface area contributed by atoms with Gasteiger partial charge < -0.3 is 10.6 Å². The van der Waals surface area contributed by atoms with Crippen LogP contribution in [0.25, 0.3) is 5.65 Å². The average Bonchev–Trinajstić information content (AvgIpc) is 3.54. The number of amides is 2. The number of fused-ring (bicyclic) bond motifs is 2. The summed E-state index contributed by atoms with van der Waals surface area (Å²) in [5, 5.41) is 9.72. The molecule has 2 heterocycles. The quantitative estimate of drug-likeness (QED) is 0.351. The molecular weight excluding hydrogens is 511 g/mol. The number of carbonyl (C=O) groups is 3. The van der Waals surface area contributed by atoms with Crippen molar-refractivity contribution < 1.29 is 27.6 Å². The van der Waals surface area contributed by atoms with Crippen LogP contribution in [0.4, 0.5) is 13.2 Å². The van der Waals surface area contributed by atoms with Gasteiger partial charge in [-0.1, -0.05) is 24.3 Å². The third-order valence-corrected chi connectivity index (χ3v) is 6.91. The van der Waals surface area contributed by atoms with Crippen LogP contribution in [-0.4, -0.2) is 32.2 Å². The van der Waals surface area contributed by atoms with Crippen molar-refractivity contribution in [1.29, 1.82) is 0 Å². The van der Waals surface area contributed by atoms with Crippen LogP contribution in [0, 0.1) is 6.92 Å². The molecule has 39 heavy (non-hydrogen) atoms. The smallest absolute Gasteiger partial charge is 0.347 e. The van der Waals surface area contributed by atoms with Gasteiger partial charge in [0.1, 0.15) is 11.4 Å². The van der Waals surface area contributed by atoms with Crippen LogP contribution in [0.2, 0.25) is 0 Å². The summed E-state index contributed by atoms with van der Waals surface area (Å²) >= 11 is 0. The monoisotopic (exact) mass is 535 g/mol. The summed E-state index contributed by atoms with van der Waals surface area (Å²) in [7, 11) is 0. The third-order valence-electron chi connectivity index (χ3n) is 6.91. The van der Waals surface area contributed by atoms with Crippen molar-refractivity contribution in [1.82, 2.24) is 25.2 Å². The van der Waals surface area contributed by atoms with Gasteiger partial charge in [0, 0.05) is 24.2 Å². The van der Waals surface area contributed by atoms with Crippen molar-refractivity contribution in [3.63, 3.8) is 0 Å². The minimum absolute atomic E-state index is 0.0143. The summed E-state index contributed by atoms with van der Waals surface area (Å²) in [5.74, 6) is -1.13. The summed E-state index contributed by atoms with van der Waals surface area (Å²) < 4.78 is 40.3. The van der Waals surface area contributed by atoms with Crippen LogP contribution < -0.4 is 10.6 Å². The van der Waals surface area contributed by atoms with Gasteiger partial charge in [-0.2, -0.15) is 18.3 Å². The van der Waals surface area contributed by atoms with Crippen molar-refractivity contribution in [2.24, 2.45) is 0 Å². The minimum atomic E-state index is -4.49. The number of hydrogen-bond acceptors (Lipinski definition) is 5. The highest BCUT2D eigenvalue weighted by Gasteiger charge is 2.31. The molecule has 0 radical (unpaired) electrons. The Hall–Kier alpha value is -4.54. The molecule has 2 N–H and O–H groups in total. The molecule has 1 aliphatic carbocycles. The fraction of sp³-hybridized carbons (Fsp3) is 0.250. The number of halogens is 3. The van der Waals surface area contributed by atoms with E-state index in [-0.39, 0.29) is 41.0 Å². The van der Waals surface area contributed by atoms with Gasteiger partial charge in [-0.05, 0) is 61.1 Å². The molecule has 2 aromatic carbocycles. The molecule has 0 spiro atoms. The molecule has 2 amide bonds. The van der Waals surface area contributed by atoms with Crippen LogP contribution in [0.1, 0.15) is 78.5 Å². The molecule has 1 atom stereocenters. The van der Waals surface area contributed by atoms with E-state index in [1.165, 1.54) is 41.9 Å². The van der Waals surface area contributed by atoms with Gasteiger partial charge in [0.05, 0.1) is 17.8 Å². The molecular formula is C28H24F3N5O3. The highest BCUT2D eigenvalue weighted by molar-refractivity contribution is 5.99. The largest absolute Gasteiger partial charge is 0.416 e. The number of nitrogens with one attached hydrogen (secondary N) is 2. The van der Waals surface area contributed by atoms with Crippen LogP contribution in [0.5, 0.6) is 0 Å². The Morgan fingerprint density at radius 3 is 2.62 bits per heavy atom. The van der Waals surface area contributed by atoms with E-state index in [1.807, 2.05) is 13.0 Å². The number of ketones is 1. The lowest BCUT2D eigenvalue weighted by Gasteiger charge is -2.16. The van der Waals surface area contributed by atoms with Gasteiger partial charge in [0.15, 0.2) is 11.4 Å². The lowest BCUT2D eigenvalue weighted by atomic mass is 9.96. The first-order valence-corrected chi connectivity index (χ1v) is 12.3. The first-order chi connectivity index (χ1) is 18.5. The maximum atomic E-state index is 13.4. The Kier molecular flexibility index (Phi) is 6.67. The fourth-order valence-corrected chi connectivity index (χ4v) is 4.97. The Bertz CT molecular complexity index is 1630. The predicted molar refractivity (Wildman–Crippen MR) is 135 cm³/mol. The first kappa shape index (κ1) is 26.1. The number of carbonyl (C=O) groups excluding carboxylic acids is 3. The van der Waals surface area contributed by atoms with Gasteiger partial charge in [-0.15, -0.1) is 0 Å². The Morgan fingerprint density at radius 2 is 1.87 bits per heavy atom. The van der Waals surface area contributed by atoms with Crippen molar-refractivity contribution >= 4 is 23.2 Å². The highest BCUT2D eigenvalue weighted by atomic mass is 19.4. The van der Waals surface area contributed by atoms with E-state index >= 15 is 0 Å². The van der Waals surface area contributed by atoms with E-state index in [4.69, 9.17) is 0 Å². The number of nitrogens with zero attached hydrogens (tertiary/aromatic N) is 3. The normalized spacial score (nSPS) is 14.7. The van der Waals surface area contributed by atoms with Crippen LogP contribution in [0.3, 0.4) is 0 Å². The second-order valence-electron chi connectivity index (χ2n) is 9.44. The fourth-order valence-electron chi connectivity index (χ4n) is 4.97. The minimum Gasteiger partial charge on any atom is -0.347 e. The number of aromatic nitrogens is 3. The summed E-state index contributed by atoms with van der Waals surface area (Å²) in [6.07, 6.45) is -1.68. The molecule has 0 saturated carbocycles. The molecule has 2 aromatic heterocycles. The molecule has 200 valence electrons. The van der Waals surface area contributed by atoms with Crippen molar-refractivity contribution in [3.8, 4) is 0 Å². The standard InChI is InChI=1S/C28H24F3N5O3/c1-15-19(16(2)37)6-7-21-20(15)8-9-22(21)35-27(39)24-13-23(34-25-10-11-33-36(24)25)26(38)32-14-17-4-3-5-18(12-17)28(29,30)31/h3-7,10-13,22H,8-9,14H2,1-2H3,(H,32,38)(H,35,39)/t22-/m0/s1. The van der Waals surface area contributed by atoms with Crippen molar-refractivity contribution in [3.05, 3.63) is 99.5 Å². The van der Waals surface area contributed by atoms with E-state index in [2.05, 4.69) is 20.7 Å². The van der Waals surface area contributed by atoms with Gasteiger partial charge in [-0.3, -0.25) is 14.4 Å². The molecule has 11 heteroatoms. The second kappa shape index (κ2) is 9.97. The van der Waals surface area contributed by atoms with Crippen LogP contribution in [0.15, 0.2) is 54.7 Å². The predicted octanol–water partition coefficient (Wildman–Crippen LogP) is 4.61. The number of benzene rings is 2. The van der Waals surface area contributed by atoms with Crippen LogP contribution >= 0.6 is 0 Å². The number of hydrogen-bond donors (Lipinski definition) is 2. The van der Waals surface area contributed by atoms with Gasteiger partial charge in [0.25, 0.3) is 11.8 Å². The molecule has 0 aliphatic heterocycles. The van der Waals surface area contributed by atoms with Gasteiger partial charge in [0.2, 0.25) is 0 Å². The second-order valence-corrected chi connectivity index (χ2v) is 9.44. The zero-order valence-corrected chi connectivity index (χ0v) is 21.1. The zero-order valence-electron chi connectivity index (χ0n) is 21.1. The summed E-state index contributed by atoms with van der Waals surface area (Å²) in [5.41, 5.74) is 3.29. The number of alkyl halides is 3.